The maximum Gasteiger partial charge on any atom is 0.0792 e. The number of unbranched alkanes of at least 4 members (excludes halogenated alkanes) is 8. The second-order valence-electron chi connectivity index (χ2n) is 6.49. The lowest BCUT2D eigenvalue weighted by molar-refractivity contribution is 0.162. The molecule has 120 valence electrons. The minimum absolute atomic E-state index is 0.282. The molecule has 1 rings (SSSR count). The summed E-state index contributed by atoms with van der Waals surface area (Å²) in [6, 6.07) is 6.35. The first-order chi connectivity index (χ1) is 10.1. The van der Waals surface area contributed by atoms with Crippen LogP contribution in [0.4, 0.5) is 0 Å². The van der Waals surface area contributed by atoms with Gasteiger partial charge in [-0.2, -0.15) is 0 Å². The van der Waals surface area contributed by atoms with Crippen molar-refractivity contribution < 1.29 is 5.11 Å². The van der Waals surface area contributed by atoms with E-state index < -0.39 is 0 Å². The van der Waals surface area contributed by atoms with Crippen molar-refractivity contribution in [1.29, 1.82) is 0 Å². The van der Waals surface area contributed by atoms with Crippen LogP contribution in [-0.4, -0.2) is 5.11 Å². The number of rotatable bonds is 11. The van der Waals surface area contributed by atoms with Gasteiger partial charge in [-0.25, -0.2) is 0 Å². The van der Waals surface area contributed by atoms with E-state index >= 15 is 0 Å². The maximum absolute atomic E-state index is 10.3. The van der Waals surface area contributed by atoms with E-state index in [1.54, 1.807) is 0 Å². The van der Waals surface area contributed by atoms with E-state index in [9.17, 15) is 5.11 Å². The minimum Gasteiger partial charge on any atom is -0.388 e. The van der Waals surface area contributed by atoms with Gasteiger partial charge in [-0.15, -0.1) is 0 Å². The summed E-state index contributed by atoms with van der Waals surface area (Å²) < 4.78 is 0. The first kappa shape index (κ1) is 18.2. The lowest BCUT2D eigenvalue weighted by Crippen LogP contribution is -2.00. The third kappa shape index (κ3) is 7.66. The zero-order valence-corrected chi connectivity index (χ0v) is 14.3. The molecule has 1 nitrogen and oxygen atoms in total. The first-order valence-electron chi connectivity index (χ1n) is 8.90. The molecule has 0 aromatic heterocycles. The van der Waals surface area contributed by atoms with E-state index in [0.29, 0.717) is 0 Å². The highest BCUT2D eigenvalue weighted by Gasteiger charge is 2.09. The Balaban J connectivity index is 2.09. The average Bonchev–Trinajstić information content (AvgIpc) is 2.45. The molecule has 0 bridgehead atoms. The van der Waals surface area contributed by atoms with Crippen LogP contribution in [-0.2, 0) is 0 Å². The topological polar surface area (TPSA) is 20.2 Å². The molecule has 0 radical (unpaired) electrons. The zero-order valence-electron chi connectivity index (χ0n) is 14.3. The SMILES string of the molecule is CCCCCCCCCCCC(O)c1ccc(C)cc1C. The highest BCUT2D eigenvalue weighted by molar-refractivity contribution is 5.31. The van der Waals surface area contributed by atoms with E-state index in [1.807, 2.05) is 0 Å². The fourth-order valence-electron chi connectivity index (χ4n) is 3.00. The number of aryl methyl sites for hydroxylation is 2. The number of hydrogen-bond donors (Lipinski definition) is 1. The lowest BCUT2D eigenvalue weighted by atomic mass is 9.97. The largest absolute Gasteiger partial charge is 0.388 e. The van der Waals surface area contributed by atoms with Gasteiger partial charge in [0.15, 0.2) is 0 Å². The second-order valence-corrected chi connectivity index (χ2v) is 6.49. The van der Waals surface area contributed by atoms with Gasteiger partial charge in [-0.1, -0.05) is 88.5 Å². The Morgan fingerprint density at radius 2 is 1.43 bits per heavy atom. The predicted molar refractivity (Wildman–Crippen MR) is 92.7 cm³/mol. The summed E-state index contributed by atoms with van der Waals surface area (Å²) in [5.74, 6) is 0. The monoisotopic (exact) mass is 290 g/mol. The standard InChI is InChI=1S/C20H34O/c1-4-5-6-7-8-9-10-11-12-13-20(21)19-15-14-17(2)16-18(19)3/h14-16,20-21H,4-13H2,1-3H3. The molecule has 0 amide bonds. The second kappa shape index (κ2) is 10.8. The van der Waals surface area contributed by atoms with Crippen LogP contribution >= 0.6 is 0 Å². The first-order valence-corrected chi connectivity index (χ1v) is 8.90. The maximum atomic E-state index is 10.3. The summed E-state index contributed by atoms with van der Waals surface area (Å²) in [7, 11) is 0. The predicted octanol–water partition coefficient (Wildman–Crippen LogP) is 6.26. The van der Waals surface area contributed by atoms with E-state index in [0.717, 1.165) is 18.4 Å². The molecule has 0 aliphatic rings. The molecule has 1 atom stereocenters. The van der Waals surface area contributed by atoms with E-state index in [2.05, 4.69) is 39.0 Å². The molecule has 1 unspecified atom stereocenters. The fraction of sp³-hybridized carbons (Fsp3) is 0.700. The number of aliphatic hydroxyl groups is 1. The highest BCUT2D eigenvalue weighted by atomic mass is 16.3. The van der Waals surface area contributed by atoms with Gasteiger partial charge in [0.05, 0.1) is 6.10 Å². The Morgan fingerprint density at radius 3 is 2.00 bits per heavy atom. The van der Waals surface area contributed by atoms with Crippen LogP contribution < -0.4 is 0 Å². The van der Waals surface area contributed by atoms with Gasteiger partial charge in [0.2, 0.25) is 0 Å². The molecule has 1 aromatic carbocycles. The van der Waals surface area contributed by atoms with Crippen molar-refractivity contribution in [3.05, 3.63) is 34.9 Å². The van der Waals surface area contributed by atoms with Crippen molar-refractivity contribution in [2.75, 3.05) is 0 Å². The van der Waals surface area contributed by atoms with Crippen LogP contribution in [0.1, 0.15) is 93.9 Å². The van der Waals surface area contributed by atoms with Crippen LogP contribution in [0.5, 0.6) is 0 Å². The zero-order chi connectivity index (χ0) is 15.5. The van der Waals surface area contributed by atoms with Crippen LogP contribution in [0.2, 0.25) is 0 Å². The summed E-state index contributed by atoms with van der Waals surface area (Å²) in [6.07, 6.45) is 12.6. The smallest absolute Gasteiger partial charge is 0.0792 e. The van der Waals surface area contributed by atoms with E-state index in [-0.39, 0.29) is 6.10 Å². The molecule has 0 aliphatic heterocycles. The van der Waals surface area contributed by atoms with Crippen molar-refractivity contribution in [1.82, 2.24) is 0 Å². The Bertz CT molecular complexity index is 383. The molecule has 1 N–H and O–H groups in total. The van der Waals surface area contributed by atoms with E-state index in [4.69, 9.17) is 0 Å². The molecule has 0 fully saturated rings. The van der Waals surface area contributed by atoms with Gasteiger partial charge in [0.25, 0.3) is 0 Å². The highest BCUT2D eigenvalue weighted by Crippen LogP contribution is 2.24. The van der Waals surface area contributed by atoms with Crippen molar-refractivity contribution in [2.24, 2.45) is 0 Å². The van der Waals surface area contributed by atoms with Gasteiger partial charge >= 0.3 is 0 Å². The normalized spacial score (nSPS) is 12.6. The lowest BCUT2D eigenvalue weighted by Gasteiger charge is -2.14. The van der Waals surface area contributed by atoms with E-state index in [1.165, 1.54) is 62.5 Å². The van der Waals surface area contributed by atoms with Crippen LogP contribution in [0.3, 0.4) is 0 Å². The average molecular weight is 290 g/mol. The van der Waals surface area contributed by atoms with Gasteiger partial charge in [-0.3, -0.25) is 0 Å². The molecule has 1 heteroatoms. The Hall–Kier alpha value is -0.820. The molecule has 0 spiro atoms. The van der Waals surface area contributed by atoms with Crippen LogP contribution in [0.25, 0.3) is 0 Å². The molecule has 0 aliphatic carbocycles. The quantitative estimate of drug-likeness (QED) is 0.477. The molecular weight excluding hydrogens is 256 g/mol. The summed E-state index contributed by atoms with van der Waals surface area (Å²) >= 11 is 0. The van der Waals surface area contributed by atoms with Gasteiger partial charge < -0.3 is 5.11 Å². The Kier molecular flexibility index (Phi) is 9.41. The molecule has 21 heavy (non-hydrogen) atoms. The molecule has 0 saturated carbocycles. The minimum atomic E-state index is -0.282. The van der Waals surface area contributed by atoms with Gasteiger partial charge in [0.1, 0.15) is 0 Å². The number of benzene rings is 1. The number of aliphatic hydroxyl groups excluding tert-OH is 1. The molecular formula is C20H34O. The summed E-state index contributed by atoms with van der Waals surface area (Å²) in [6.45, 7) is 6.46. The summed E-state index contributed by atoms with van der Waals surface area (Å²) in [5, 5.41) is 10.3. The fourth-order valence-corrected chi connectivity index (χ4v) is 3.00. The van der Waals surface area contributed by atoms with Crippen molar-refractivity contribution in [2.45, 2.75) is 91.1 Å². The van der Waals surface area contributed by atoms with Crippen LogP contribution in [0, 0.1) is 13.8 Å². The number of hydrogen-bond acceptors (Lipinski definition) is 1. The Labute approximate surface area is 131 Å². The third-order valence-electron chi connectivity index (χ3n) is 4.37. The summed E-state index contributed by atoms with van der Waals surface area (Å²) in [4.78, 5) is 0. The van der Waals surface area contributed by atoms with Gasteiger partial charge in [0, 0.05) is 0 Å². The van der Waals surface area contributed by atoms with Crippen molar-refractivity contribution in [3.63, 3.8) is 0 Å². The molecule has 0 heterocycles. The van der Waals surface area contributed by atoms with Gasteiger partial charge in [-0.05, 0) is 31.4 Å². The van der Waals surface area contributed by atoms with Crippen LogP contribution in [0.15, 0.2) is 18.2 Å². The third-order valence-corrected chi connectivity index (χ3v) is 4.37. The summed E-state index contributed by atoms with van der Waals surface area (Å²) in [5.41, 5.74) is 3.60. The van der Waals surface area contributed by atoms with Crippen molar-refractivity contribution >= 4 is 0 Å². The van der Waals surface area contributed by atoms with Crippen molar-refractivity contribution in [3.8, 4) is 0 Å². The Morgan fingerprint density at radius 1 is 0.857 bits per heavy atom. The molecule has 0 saturated heterocycles. The molecule has 1 aromatic rings.